The molecule has 2 heterocycles. The molecule has 27 heavy (non-hydrogen) atoms. The van der Waals surface area contributed by atoms with Crippen LogP contribution in [0.2, 0.25) is 4.34 Å². The van der Waals surface area contributed by atoms with Crippen molar-refractivity contribution in [1.82, 2.24) is 20.9 Å². The van der Waals surface area contributed by atoms with Crippen LogP contribution in [-0.2, 0) is 0 Å². The van der Waals surface area contributed by atoms with E-state index in [0.29, 0.717) is 35.5 Å². The van der Waals surface area contributed by atoms with Crippen LogP contribution in [-0.4, -0.2) is 48.1 Å². The highest BCUT2D eigenvalue weighted by Gasteiger charge is 2.10. The summed E-state index contributed by atoms with van der Waals surface area (Å²) in [7, 11) is 0. The first kappa shape index (κ1) is 23.6. The quantitative estimate of drug-likeness (QED) is 0.184. The molecule has 1 atom stereocenters. The van der Waals surface area contributed by atoms with Crippen molar-refractivity contribution < 1.29 is 9.90 Å². The van der Waals surface area contributed by atoms with E-state index in [2.05, 4.69) is 25.9 Å². The number of aliphatic hydroxyl groups excluding tert-OH is 1. The summed E-state index contributed by atoms with van der Waals surface area (Å²) in [4.78, 5) is 21.0. The van der Waals surface area contributed by atoms with Gasteiger partial charge in [-0.3, -0.25) is 14.8 Å². The minimum atomic E-state index is -0.701. The number of carbonyl (C=O) groups excluding carboxylic acids is 1. The molecule has 7 nitrogen and oxygen atoms in total. The third-order valence-corrected chi connectivity index (χ3v) is 4.65. The Hall–Kier alpha value is -1.43. The molecule has 0 fully saturated rings. The van der Waals surface area contributed by atoms with Gasteiger partial charge in [0.1, 0.15) is 6.10 Å². The number of rotatable bonds is 8. The molecule has 0 aliphatic rings. The van der Waals surface area contributed by atoms with Crippen molar-refractivity contribution in [2.75, 3.05) is 26.2 Å². The third kappa shape index (κ3) is 8.41. The molecule has 0 aromatic carbocycles. The number of thiophene rings is 1. The molecule has 0 spiro atoms. The van der Waals surface area contributed by atoms with Crippen molar-refractivity contribution in [3.63, 3.8) is 0 Å². The number of amides is 1. The number of aromatic nitrogens is 1. The lowest BCUT2D eigenvalue weighted by atomic mass is 10.3. The van der Waals surface area contributed by atoms with E-state index in [1.807, 2.05) is 6.92 Å². The predicted octanol–water partition coefficient (Wildman–Crippen LogP) is 2.43. The second-order valence-electron chi connectivity index (χ2n) is 5.30. The fourth-order valence-electron chi connectivity index (χ4n) is 2.07. The Morgan fingerprint density at radius 1 is 1.30 bits per heavy atom. The van der Waals surface area contributed by atoms with Gasteiger partial charge in [0, 0.05) is 36.9 Å². The molecule has 1 amide bonds. The number of halogens is 2. The van der Waals surface area contributed by atoms with E-state index in [4.69, 9.17) is 11.6 Å². The van der Waals surface area contributed by atoms with Gasteiger partial charge in [-0.25, -0.2) is 0 Å². The summed E-state index contributed by atoms with van der Waals surface area (Å²) >= 11 is 7.22. The summed E-state index contributed by atoms with van der Waals surface area (Å²) in [6.45, 7) is 3.79. The van der Waals surface area contributed by atoms with Crippen LogP contribution in [0.5, 0.6) is 0 Å². The molecule has 4 N–H and O–H groups in total. The Kier molecular flexibility index (Phi) is 11.3. The first-order valence-electron chi connectivity index (χ1n) is 8.24. The normalized spacial score (nSPS) is 12.0. The number of carbonyl (C=O) groups is 1. The maximum absolute atomic E-state index is 11.9. The largest absolute Gasteiger partial charge is 0.386 e. The number of nitrogens with one attached hydrogen (secondary N) is 3. The van der Waals surface area contributed by atoms with Crippen molar-refractivity contribution in [3.8, 4) is 0 Å². The molecule has 148 valence electrons. The van der Waals surface area contributed by atoms with Gasteiger partial charge < -0.3 is 21.1 Å². The van der Waals surface area contributed by atoms with E-state index in [1.54, 1.807) is 30.5 Å². The van der Waals surface area contributed by atoms with Gasteiger partial charge in [0.05, 0.1) is 16.4 Å². The summed E-state index contributed by atoms with van der Waals surface area (Å²) in [6, 6.07) is 6.97. The molecule has 0 radical (unpaired) electrons. The Morgan fingerprint density at radius 2 is 2.07 bits per heavy atom. The molecule has 2 rings (SSSR count). The van der Waals surface area contributed by atoms with Crippen LogP contribution in [0.25, 0.3) is 0 Å². The van der Waals surface area contributed by atoms with Crippen LogP contribution in [0.15, 0.2) is 41.7 Å². The molecule has 1 unspecified atom stereocenters. The number of aliphatic hydroxyl groups is 1. The van der Waals surface area contributed by atoms with Crippen molar-refractivity contribution in [2.24, 2.45) is 4.99 Å². The number of pyridine rings is 1. The molecule has 0 saturated carbocycles. The highest BCUT2D eigenvalue weighted by Crippen LogP contribution is 2.26. The second-order valence-corrected chi connectivity index (χ2v) is 7.05. The summed E-state index contributed by atoms with van der Waals surface area (Å²) in [5, 5.41) is 19.2. The minimum absolute atomic E-state index is 0. The first-order chi connectivity index (χ1) is 12.6. The highest BCUT2D eigenvalue weighted by atomic mass is 127. The smallest absolute Gasteiger partial charge is 0.252 e. The van der Waals surface area contributed by atoms with Gasteiger partial charge in [0.15, 0.2) is 5.96 Å². The van der Waals surface area contributed by atoms with Crippen LogP contribution in [0.1, 0.15) is 28.3 Å². The number of hydrogen-bond donors (Lipinski definition) is 4. The Bertz CT molecular complexity index is 729. The number of guanidine groups is 1. The van der Waals surface area contributed by atoms with Crippen LogP contribution in [0.4, 0.5) is 0 Å². The standard InChI is InChI=1S/C17H22ClN5O2S.HI/c1-2-20-17(23-11-13(24)14-5-6-15(18)26-14)22-9-8-21-16(25)12-4-3-7-19-10-12;/h3-7,10,13,24H,2,8-9,11H2,1H3,(H,21,25)(H2,20,22,23);1H. The Morgan fingerprint density at radius 3 is 2.70 bits per heavy atom. The van der Waals surface area contributed by atoms with Gasteiger partial charge in [0.25, 0.3) is 5.91 Å². The lowest BCUT2D eigenvalue weighted by Crippen LogP contribution is -2.41. The predicted molar refractivity (Wildman–Crippen MR) is 120 cm³/mol. The first-order valence-corrected chi connectivity index (χ1v) is 9.43. The van der Waals surface area contributed by atoms with Crippen molar-refractivity contribution >= 4 is 58.8 Å². The van der Waals surface area contributed by atoms with E-state index in [0.717, 1.165) is 4.88 Å². The SMILES string of the molecule is CCNC(=NCC(O)c1ccc(Cl)s1)NCCNC(=O)c1cccnc1.I. The van der Waals surface area contributed by atoms with Gasteiger partial charge in [-0.05, 0) is 31.2 Å². The van der Waals surface area contributed by atoms with E-state index >= 15 is 0 Å². The minimum Gasteiger partial charge on any atom is -0.386 e. The molecule has 0 saturated heterocycles. The van der Waals surface area contributed by atoms with Gasteiger partial charge in [-0.1, -0.05) is 11.6 Å². The Balaban J connectivity index is 0.00000364. The molecular weight excluding hydrogens is 501 g/mol. The zero-order valence-corrected chi connectivity index (χ0v) is 18.7. The maximum Gasteiger partial charge on any atom is 0.252 e. The van der Waals surface area contributed by atoms with Crippen LogP contribution in [0.3, 0.4) is 0 Å². The van der Waals surface area contributed by atoms with Crippen LogP contribution < -0.4 is 16.0 Å². The van der Waals surface area contributed by atoms with Gasteiger partial charge >= 0.3 is 0 Å². The summed E-state index contributed by atoms with van der Waals surface area (Å²) in [5.41, 5.74) is 0.519. The molecular formula is C17H23ClIN5O2S. The molecule has 2 aromatic heterocycles. The molecule has 0 aliphatic carbocycles. The molecule has 2 aromatic rings. The van der Waals surface area contributed by atoms with Crippen LogP contribution in [0, 0.1) is 0 Å². The van der Waals surface area contributed by atoms with Crippen molar-refractivity contribution in [1.29, 1.82) is 0 Å². The van der Waals surface area contributed by atoms with Crippen molar-refractivity contribution in [2.45, 2.75) is 13.0 Å². The molecule has 0 bridgehead atoms. The van der Waals surface area contributed by atoms with E-state index in [1.165, 1.54) is 17.5 Å². The molecule has 0 aliphatic heterocycles. The van der Waals surface area contributed by atoms with E-state index in [9.17, 15) is 9.90 Å². The third-order valence-electron chi connectivity index (χ3n) is 3.32. The number of nitrogens with zero attached hydrogens (tertiary/aromatic N) is 2. The fraction of sp³-hybridized carbons (Fsp3) is 0.353. The lowest BCUT2D eigenvalue weighted by molar-refractivity contribution is 0.0954. The average molecular weight is 524 g/mol. The summed E-state index contributed by atoms with van der Waals surface area (Å²) in [5.74, 6) is 0.400. The summed E-state index contributed by atoms with van der Waals surface area (Å²) in [6.07, 6.45) is 2.44. The Labute approximate surface area is 184 Å². The molecule has 10 heteroatoms. The maximum atomic E-state index is 11.9. The number of hydrogen-bond acceptors (Lipinski definition) is 5. The lowest BCUT2D eigenvalue weighted by Gasteiger charge is -2.13. The van der Waals surface area contributed by atoms with E-state index < -0.39 is 6.10 Å². The number of aliphatic imine (C=N–C) groups is 1. The summed E-state index contributed by atoms with van der Waals surface area (Å²) < 4.78 is 0.636. The van der Waals surface area contributed by atoms with Crippen molar-refractivity contribution in [3.05, 3.63) is 51.4 Å². The monoisotopic (exact) mass is 523 g/mol. The zero-order valence-electron chi connectivity index (χ0n) is 14.8. The second kappa shape index (κ2) is 12.9. The van der Waals surface area contributed by atoms with Gasteiger partial charge in [-0.2, -0.15) is 0 Å². The van der Waals surface area contributed by atoms with Gasteiger partial charge in [0.2, 0.25) is 0 Å². The van der Waals surface area contributed by atoms with Crippen LogP contribution >= 0.6 is 46.9 Å². The van der Waals surface area contributed by atoms with Gasteiger partial charge in [-0.15, -0.1) is 35.3 Å². The average Bonchev–Trinajstić information content (AvgIpc) is 3.09. The zero-order chi connectivity index (χ0) is 18.8. The van der Waals surface area contributed by atoms with E-state index in [-0.39, 0.29) is 36.4 Å². The highest BCUT2D eigenvalue weighted by molar-refractivity contribution is 14.0. The topological polar surface area (TPSA) is 98.6 Å². The fourth-order valence-corrected chi connectivity index (χ4v) is 3.11.